The van der Waals surface area contributed by atoms with Crippen LogP contribution in [0.15, 0.2) is 42.5 Å². The van der Waals surface area contributed by atoms with Gasteiger partial charge in [0, 0.05) is 0 Å². The molecule has 0 bridgehead atoms. The van der Waals surface area contributed by atoms with E-state index in [4.69, 9.17) is 5.73 Å². The summed E-state index contributed by atoms with van der Waals surface area (Å²) < 4.78 is 15.7. The molecule has 3 rings (SSSR count). The van der Waals surface area contributed by atoms with E-state index in [1.54, 1.807) is 19.1 Å². The first-order valence-corrected chi connectivity index (χ1v) is 6.56. The van der Waals surface area contributed by atoms with Crippen LogP contribution in [0.2, 0.25) is 0 Å². The normalized spacial score (nSPS) is 12.8. The summed E-state index contributed by atoms with van der Waals surface area (Å²) in [6.07, 6.45) is 0. The molecule has 0 saturated carbocycles. The summed E-state index contributed by atoms with van der Waals surface area (Å²) >= 11 is 0. The number of nitrogen functional groups attached to an aromatic ring is 1. The highest BCUT2D eigenvalue weighted by atomic mass is 19.1. The van der Waals surface area contributed by atoms with Crippen molar-refractivity contribution < 1.29 is 4.39 Å². The quantitative estimate of drug-likeness (QED) is 0.771. The average molecular weight is 269 g/mol. The highest BCUT2D eigenvalue weighted by Gasteiger charge is 2.16. The minimum absolute atomic E-state index is 0.0718. The number of rotatable bonds is 2. The van der Waals surface area contributed by atoms with Gasteiger partial charge in [0.2, 0.25) is 5.95 Å². The van der Waals surface area contributed by atoms with E-state index in [1.807, 2.05) is 41.8 Å². The Morgan fingerprint density at radius 3 is 2.70 bits per heavy atom. The molecule has 1 heterocycles. The van der Waals surface area contributed by atoms with Crippen LogP contribution in [0.1, 0.15) is 24.1 Å². The molecule has 3 aromatic rings. The van der Waals surface area contributed by atoms with Crippen molar-refractivity contribution in [2.75, 3.05) is 5.73 Å². The van der Waals surface area contributed by atoms with Gasteiger partial charge < -0.3 is 10.3 Å². The zero-order chi connectivity index (χ0) is 14.3. The molecule has 2 aromatic carbocycles. The molecular formula is C16H16FN3. The Bertz CT molecular complexity index is 776. The smallest absolute Gasteiger partial charge is 0.201 e. The Hall–Kier alpha value is -2.36. The molecule has 0 amide bonds. The van der Waals surface area contributed by atoms with Crippen LogP contribution in [0.4, 0.5) is 10.3 Å². The van der Waals surface area contributed by atoms with Gasteiger partial charge in [-0.2, -0.15) is 0 Å². The molecule has 20 heavy (non-hydrogen) atoms. The molecule has 1 aromatic heterocycles. The summed E-state index contributed by atoms with van der Waals surface area (Å²) in [6.45, 7) is 3.75. The predicted molar refractivity (Wildman–Crippen MR) is 79.1 cm³/mol. The number of halogens is 1. The monoisotopic (exact) mass is 269 g/mol. The van der Waals surface area contributed by atoms with Gasteiger partial charge in [-0.1, -0.05) is 24.3 Å². The van der Waals surface area contributed by atoms with Gasteiger partial charge in [0.25, 0.3) is 0 Å². The van der Waals surface area contributed by atoms with E-state index in [0.717, 1.165) is 16.6 Å². The van der Waals surface area contributed by atoms with E-state index in [0.29, 0.717) is 11.5 Å². The topological polar surface area (TPSA) is 43.8 Å². The minimum atomic E-state index is -0.197. The van der Waals surface area contributed by atoms with Crippen LogP contribution in [0, 0.1) is 12.7 Å². The lowest BCUT2D eigenvalue weighted by Gasteiger charge is -2.17. The molecule has 0 aliphatic rings. The second-order valence-electron chi connectivity index (χ2n) is 5.01. The van der Waals surface area contributed by atoms with E-state index in [-0.39, 0.29) is 11.9 Å². The first kappa shape index (κ1) is 12.7. The Morgan fingerprint density at radius 1 is 1.20 bits per heavy atom. The first-order chi connectivity index (χ1) is 9.58. The number of hydrogen-bond donors (Lipinski definition) is 1. The highest BCUT2D eigenvalue weighted by molar-refractivity contribution is 5.78. The maximum Gasteiger partial charge on any atom is 0.201 e. The first-order valence-electron chi connectivity index (χ1n) is 6.56. The zero-order valence-corrected chi connectivity index (χ0v) is 11.5. The van der Waals surface area contributed by atoms with E-state index in [2.05, 4.69) is 4.98 Å². The van der Waals surface area contributed by atoms with Crippen LogP contribution in [-0.4, -0.2) is 9.55 Å². The van der Waals surface area contributed by atoms with Crippen molar-refractivity contribution in [3.63, 3.8) is 0 Å². The van der Waals surface area contributed by atoms with Gasteiger partial charge in [-0.05, 0) is 43.2 Å². The molecule has 0 aliphatic carbocycles. The average Bonchev–Trinajstić information content (AvgIpc) is 2.77. The molecule has 0 radical (unpaired) electrons. The Kier molecular flexibility index (Phi) is 2.93. The fourth-order valence-corrected chi connectivity index (χ4v) is 2.49. The minimum Gasteiger partial charge on any atom is -0.369 e. The number of nitrogens with two attached hydrogens (primary N) is 1. The summed E-state index contributed by atoms with van der Waals surface area (Å²) in [5.41, 5.74) is 9.35. The van der Waals surface area contributed by atoms with Crippen molar-refractivity contribution in [1.82, 2.24) is 9.55 Å². The fourth-order valence-electron chi connectivity index (χ4n) is 2.49. The largest absolute Gasteiger partial charge is 0.369 e. The van der Waals surface area contributed by atoms with Crippen LogP contribution in [0.5, 0.6) is 0 Å². The van der Waals surface area contributed by atoms with Crippen molar-refractivity contribution >= 4 is 17.0 Å². The number of anilines is 1. The molecule has 4 heteroatoms. The molecule has 3 nitrogen and oxygen atoms in total. The number of nitrogens with zero attached hydrogens (tertiary/aromatic N) is 2. The molecule has 102 valence electrons. The summed E-state index contributed by atoms with van der Waals surface area (Å²) in [7, 11) is 0. The number of imidazole rings is 1. The Morgan fingerprint density at radius 2 is 1.95 bits per heavy atom. The third-order valence-corrected chi connectivity index (χ3v) is 3.69. The van der Waals surface area contributed by atoms with Gasteiger partial charge in [-0.3, -0.25) is 0 Å². The molecular weight excluding hydrogens is 253 g/mol. The van der Waals surface area contributed by atoms with Crippen molar-refractivity contribution in [2.45, 2.75) is 19.9 Å². The van der Waals surface area contributed by atoms with Crippen molar-refractivity contribution in [1.29, 1.82) is 0 Å². The van der Waals surface area contributed by atoms with Crippen molar-refractivity contribution in [2.24, 2.45) is 0 Å². The lowest BCUT2D eigenvalue weighted by molar-refractivity contribution is 0.604. The third-order valence-electron chi connectivity index (χ3n) is 3.69. The Labute approximate surface area is 116 Å². The van der Waals surface area contributed by atoms with Gasteiger partial charge in [-0.15, -0.1) is 0 Å². The fraction of sp³-hybridized carbons (Fsp3) is 0.188. The highest BCUT2D eigenvalue weighted by Crippen LogP contribution is 2.27. The Balaban J connectivity index is 2.14. The zero-order valence-electron chi connectivity index (χ0n) is 11.5. The van der Waals surface area contributed by atoms with Crippen LogP contribution in [0.25, 0.3) is 11.0 Å². The van der Waals surface area contributed by atoms with Crippen LogP contribution in [-0.2, 0) is 0 Å². The van der Waals surface area contributed by atoms with Gasteiger partial charge in [0.05, 0.1) is 17.1 Å². The van der Waals surface area contributed by atoms with Crippen LogP contribution in [0.3, 0.4) is 0 Å². The molecule has 0 spiro atoms. The number of fused-ring (bicyclic) bond motifs is 1. The van der Waals surface area contributed by atoms with Crippen molar-refractivity contribution in [3.8, 4) is 0 Å². The lowest BCUT2D eigenvalue weighted by Crippen LogP contribution is -2.10. The second kappa shape index (κ2) is 4.63. The van der Waals surface area contributed by atoms with E-state index >= 15 is 0 Å². The number of aryl methyl sites for hydroxylation is 1. The van der Waals surface area contributed by atoms with E-state index in [1.165, 1.54) is 0 Å². The molecule has 1 atom stereocenters. The lowest BCUT2D eigenvalue weighted by atomic mass is 10.1. The number of benzene rings is 2. The summed E-state index contributed by atoms with van der Waals surface area (Å²) in [5, 5.41) is 0. The standard InChI is InChI=1S/C16H16FN3/c1-10-7-8-12(9-13(10)17)11(2)20-15-6-4-3-5-14(15)19-16(20)18/h3-9,11H,1-2H3,(H2,18,19). The van der Waals surface area contributed by atoms with Gasteiger partial charge in [-0.25, -0.2) is 9.37 Å². The maximum atomic E-state index is 13.7. The molecule has 0 aliphatic heterocycles. The predicted octanol–water partition coefficient (Wildman–Crippen LogP) is 3.68. The molecule has 1 unspecified atom stereocenters. The van der Waals surface area contributed by atoms with Crippen molar-refractivity contribution in [3.05, 3.63) is 59.4 Å². The molecule has 2 N–H and O–H groups in total. The SMILES string of the molecule is Cc1ccc(C(C)n2c(N)nc3ccccc32)cc1F. The summed E-state index contributed by atoms with van der Waals surface area (Å²) in [5.74, 6) is 0.247. The summed E-state index contributed by atoms with van der Waals surface area (Å²) in [6, 6.07) is 13.0. The summed E-state index contributed by atoms with van der Waals surface area (Å²) in [4.78, 5) is 4.35. The van der Waals surface area contributed by atoms with Gasteiger partial charge in [0.1, 0.15) is 5.82 Å². The van der Waals surface area contributed by atoms with Crippen LogP contribution >= 0.6 is 0 Å². The second-order valence-corrected chi connectivity index (χ2v) is 5.01. The molecule has 0 saturated heterocycles. The molecule has 0 fully saturated rings. The van der Waals surface area contributed by atoms with E-state index in [9.17, 15) is 4.39 Å². The number of para-hydroxylation sites is 2. The number of aromatic nitrogens is 2. The third kappa shape index (κ3) is 1.93. The van der Waals surface area contributed by atoms with Crippen LogP contribution < -0.4 is 5.73 Å². The van der Waals surface area contributed by atoms with Gasteiger partial charge in [0.15, 0.2) is 0 Å². The maximum absolute atomic E-state index is 13.7. The number of hydrogen-bond acceptors (Lipinski definition) is 2. The van der Waals surface area contributed by atoms with E-state index < -0.39 is 0 Å². The van der Waals surface area contributed by atoms with Gasteiger partial charge >= 0.3 is 0 Å².